The average Bonchev–Trinajstić information content (AvgIpc) is 4.25. The molecule has 10 aromatic carbocycles. The van der Waals surface area contributed by atoms with Gasteiger partial charge in [0, 0.05) is 87.4 Å². The molecule has 0 saturated carbocycles. The second-order valence-electron chi connectivity index (χ2n) is 18.6. The summed E-state index contributed by atoms with van der Waals surface area (Å²) in [7, 11) is 0. The van der Waals surface area contributed by atoms with Gasteiger partial charge in [-0.1, -0.05) is 158 Å². The van der Waals surface area contributed by atoms with Crippen molar-refractivity contribution < 1.29 is 0 Å². The molecule has 8 nitrogen and oxygen atoms in total. The van der Waals surface area contributed by atoms with Gasteiger partial charge < -0.3 is 19.1 Å². The molecule has 16 rings (SSSR count). The summed E-state index contributed by atoms with van der Waals surface area (Å²) in [6.07, 6.45) is 0. The van der Waals surface area contributed by atoms with Gasteiger partial charge in [-0.15, -0.1) is 0 Å². The van der Waals surface area contributed by atoms with Crippen LogP contribution in [0.2, 0.25) is 0 Å². The molecule has 16 aromatic rings. The highest BCUT2D eigenvalue weighted by atomic mass is 15.2. The van der Waals surface area contributed by atoms with Crippen LogP contribution in [0.25, 0.3) is 149 Å². The van der Waals surface area contributed by atoms with Crippen LogP contribution in [0, 0.1) is 0 Å². The Morgan fingerprint density at radius 2 is 0.676 bits per heavy atom. The molecule has 0 aliphatic heterocycles. The first kappa shape index (κ1) is 38.2. The standard InChI is InChI=1S/C63H38N8/c1-3-15-37(16-4-1)61-66-62(38-17-5-2-6-18-38)68-63(67-61)71-55-33-27-39(69-53-25-13-9-21-43(53)47-31-29-45-41-19-7-11-23-51(41)64-57(45)59(47)69)35-49(55)50-36-40(28-34-56(50)71)70-54-26-14-10-22-44(54)48-32-30-46-42-20-8-12-24-52(42)65-58(46)60(48)70/h1-36,64-65H. The Hall–Kier alpha value is -9.79. The van der Waals surface area contributed by atoms with E-state index in [0.717, 1.165) is 88.4 Å². The lowest BCUT2D eigenvalue weighted by Crippen LogP contribution is -2.06. The van der Waals surface area contributed by atoms with Crippen LogP contribution in [-0.2, 0) is 0 Å². The lowest BCUT2D eigenvalue weighted by molar-refractivity contribution is 0.953. The molecule has 0 atom stereocenters. The van der Waals surface area contributed by atoms with Crippen LogP contribution in [0.3, 0.4) is 0 Å². The first-order valence-electron chi connectivity index (χ1n) is 24.0. The number of fused-ring (bicyclic) bond motifs is 17. The summed E-state index contributed by atoms with van der Waals surface area (Å²) in [5.41, 5.74) is 15.0. The number of para-hydroxylation sites is 4. The van der Waals surface area contributed by atoms with E-state index in [1.807, 2.05) is 36.4 Å². The van der Waals surface area contributed by atoms with E-state index in [1.54, 1.807) is 0 Å². The van der Waals surface area contributed by atoms with Gasteiger partial charge >= 0.3 is 0 Å². The Morgan fingerprint density at radius 3 is 1.15 bits per heavy atom. The highest BCUT2D eigenvalue weighted by Crippen LogP contribution is 2.43. The molecule has 0 radical (unpaired) electrons. The Morgan fingerprint density at radius 1 is 0.282 bits per heavy atom. The topological polar surface area (TPSA) is 85.0 Å². The molecular weight excluding hydrogens is 869 g/mol. The second-order valence-corrected chi connectivity index (χ2v) is 18.6. The van der Waals surface area contributed by atoms with Gasteiger partial charge in [0.25, 0.3) is 0 Å². The van der Waals surface area contributed by atoms with Gasteiger partial charge in [0.1, 0.15) is 0 Å². The molecule has 0 aliphatic rings. The molecule has 0 fully saturated rings. The third-order valence-corrected chi connectivity index (χ3v) is 14.8. The minimum Gasteiger partial charge on any atom is -0.353 e. The number of nitrogens with one attached hydrogen (secondary N) is 2. The van der Waals surface area contributed by atoms with E-state index in [2.05, 4.69) is 206 Å². The number of aromatic nitrogens is 8. The van der Waals surface area contributed by atoms with Crippen LogP contribution in [0.1, 0.15) is 0 Å². The molecule has 0 saturated heterocycles. The number of nitrogens with zero attached hydrogens (tertiary/aromatic N) is 6. The van der Waals surface area contributed by atoms with E-state index < -0.39 is 0 Å². The summed E-state index contributed by atoms with van der Waals surface area (Å²) in [6.45, 7) is 0. The van der Waals surface area contributed by atoms with Gasteiger partial charge in [0.05, 0.1) is 44.1 Å². The van der Waals surface area contributed by atoms with Crippen LogP contribution in [0.5, 0.6) is 0 Å². The van der Waals surface area contributed by atoms with Gasteiger partial charge in [0.2, 0.25) is 5.95 Å². The zero-order valence-electron chi connectivity index (χ0n) is 38.0. The molecule has 2 N–H and O–H groups in total. The SMILES string of the molecule is c1ccc(-c2nc(-c3ccccc3)nc(-n3c4ccc(-n5c6ccccc6c6ccc7c8ccccc8[nH]c7c65)cc4c4cc(-n5c6ccccc6c6ccc7c8ccccc8[nH]c7c65)ccc43)n2)cc1. The number of hydrogen-bond donors (Lipinski definition) is 2. The predicted octanol–water partition coefficient (Wildman–Crippen LogP) is 15.8. The van der Waals surface area contributed by atoms with E-state index in [4.69, 9.17) is 15.0 Å². The summed E-state index contributed by atoms with van der Waals surface area (Å²) in [4.78, 5) is 23.4. The first-order valence-corrected chi connectivity index (χ1v) is 24.0. The average molecular weight is 907 g/mol. The summed E-state index contributed by atoms with van der Waals surface area (Å²) in [5.74, 6) is 1.77. The molecule has 6 heterocycles. The molecule has 71 heavy (non-hydrogen) atoms. The number of benzene rings is 10. The lowest BCUT2D eigenvalue weighted by Gasteiger charge is -2.12. The van der Waals surface area contributed by atoms with E-state index in [1.165, 1.54) is 43.1 Å². The maximum absolute atomic E-state index is 5.31. The molecule has 0 spiro atoms. The minimum absolute atomic E-state index is 0.548. The maximum Gasteiger partial charge on any atom is 0.238 e. The number of aromatic amines is 2. The second kappa shape index (κ2) is 14.4. The molecule has 0 aliphatic carbocycles. The van der Waals surface area contributed by atoms with Crippen molar-refractivity contribution in [2.24, 2.45) is 0 Å². The van der Waals surface area contributed by atoms with Gasteiger partial charge in [-0.3, -0.25) is 4.57 Å². The fraction of sp³-hybridized carbons (Fsp3) is 0. The third-order valence-electron chi connectivity index (χ3n) is 14.8. The van der Waals surface area contributed by atoms with Crippen LogP contribution in [0.4, 0.5) is 0 Å². The Labute approximate surface area is 404 Å². The number of rotatable bonds is 5. The highest BCUT2D eigenvalue weighted by Gasteiger charge is 2.24. The fourth-order valence-electron chi connectivity index (χ4n) is 11.7. The normalized spacial score (nSPS) is 12.2. The zero-order chi connectivity index (χ0) is 46.3. The molecule has 0 bridgehead atoms. The summed E-state index contributed by atoms with van der Waals surface area (Å²) >= 11 is 0. The van der Waals surface area contributed by atoms with E-state index >= 15 is 0 Å². The highest BCUT2D eigenvalue weighted by molar-refractivity contribution is 6.24. The zero-order valence-corrected chi connectivity index (χ0v) is 38.0. The summed E-state index contributed by atoms with van der Waals surface area (Å²) in [5, 5.41) is 11.8. The molecule has 0 unspecified atom stereocenters. The molecule has 8 heteroatoms. The van der Waals surface area contributed by atoms with E-state index in [0.29, 0.717) is 17.6 Å². The van der Waals surface area contributed by atoms with Gasteiger partial charge in [-0.25, -0.2) is 4.98 Å². The maximum atomic E-state index is 5.31. The van der Waals surface area contributed by atoms with Gasteiger partial charge in [0.15, 0.2) is 11.6 Å². The summed E-state index contributed by atoms with van der Waals surface area (Å²) < 4.78 is 7.11. The van der Waals surface area contributed by atoms with Crippen molar-refractivity contribution in [3.63, 3.8) is 0 Å². The van der Waals surface area contributed by atoms with Crippen molar-refractivity contribution in [1.29, 1.82) is 0 Å². The molecule has 0 amide bonds. The van der Waals surface area contributed by atoms with Crippen molar-refractivity contribution in [3.05, 3.63) is 218 Å². The third kappa shape index (κ3) is 5.41. The van der Waals surface area contributed by atoms with Crippen molar-refractivity contribution in [2.75, 3.05) is 0 Å². The van der Waals surface area contributed by atoms with Gasteiger partial charge in [-0.05, 0) is 60.7 Å². The van der Waals surface area contributed by atoms with Gasteiger partial charge in [-0.2, -0.15) is 9.97 Å². The Kier molecular flexibility index (Phi) is 7.73. The summed E-state index contributed by atoms with van der Waals surface area (Å²) in [6, 6.07) is 78.0. The molecule has 6 aromatic heterocycles. The van der Waals surface area contributed by atoms with Crippen molar-refractivity contribution in [1.82, 2.24) is 38.6 Å². The molecule has 330 valence electrons. The lowest BCUT2D eigenvalue weighted by atomic mass is 10.1. The van der Waals surface area contributed by atoms with Crippen LogP contribution < -0.4 is 0 Å². The monoisotopic (exact) mass is 906 g/mol. The Balaban J connectivity index is 1.02. The van der Waals surface area contributed by atoms with E-state index in [-0.39, 0.29) is 0 Å². The molecular formula is C63H38N8. The smallest absolute Gasteiger partial charge is 0.238 e. The fourth-order valence-corrected chi connectivity index (χ4v) is 11.7. The largest absolute Gasteiger partial charge is 0.353 e. The number of H-pyrrole nitrogens is 2. The minimum atomic E-state index is 0.548. The van der Waals surface area contributed by atoms with Crippen molar-refractivity contribution >= 4 is 109 Å². The van der Waals surface area contributed by atoms with Crippen LogP contribution in [0.15, 0.2) is 218 Å². The Bertz CT molecular complexity index is 4570. The van der Waals surface area contributed by atoms with E-state index in [9.17, 15) is 0 Å². The first-order chi connectivity index (χ1) is 35.2. The van der Waals surface area contributed by atoms with Crippen molar-refractivity contribution in [2.45, 2.75) is 0 Å². The number of hydrogen-bond acceptors (Lipinski definition) is 3. The van der Waals surface area contributed by atoms with Crippen LogP contribution in [-0.4, -0.2) is 38.6 Å². The quantitative estimate of drug-likeness (QED) is 0.180. The van der Waals surface area contributed by atoms with Crippen molar-refractivity contribution in [3.8, 4) is 40.1 Å². The van der Waals surface area contributed by atoms with Crippen LogP contribution >= 0.6 is 0 Å². The predicted molar refractivity (Wildman–Crippen MR) is 292 cm³/mol.